The van der Waals surface area contributed by atoms with Crippen LogP contribution in [0.25, 0.3) is 17.3 Å². The maximum absolute atomic E-state index is 13.1. The van der Waals surface area contributed by atoms with Gasteiger partial charge in [-0.1, -0.05) is 17.3 Å². The molecule has 162 valence electrons. The van der Waals surface area contributed by atoms with Crippen molar-refractivity contribution < 1.29 is 13.7 Å². The fraction of sp³-hybridized carbons (Fsp3) is 0.261. The number of rotatable bonds is 6. The number of hydrogen-bond acceptors (Lipinski definition) is 6. The standard InChI is InChI=1S/C23H21FN6O2/c1-13(15-5-8-18(24)9-6-15)27-22(31)19-12-26-30(14(19)2)20-10-7-17(11-25-20)23-28-21(29-32-23)16-3-4-16/h5-13,16H,3-4H2,1-2H3,(H,27,31). The minimum Gasteiger partial charge on any atom is -0.345 e. The molecule has 9 heteroatoms. The van der Waals surface area contributed by atoms with E-state index in [-0.39, 0.29) is 17.8 Å². The van der Waals surface area contributed by atoms with Gasteiger partial charge in [-0.25, -0.2) is 14.1 Å². The Morgan fingerprint density at radius 3 is 2.66 bits per heavy atom. The summed E-state index contributed by atoms with van der Waals surface area (Å²) in [5.41, 5.74) is 2.63. The van der Waals surface area contributed by atoms with Crippen LogP contribution in [0.4, 0.5) is 4.39 Å². The average molecular weight is 432 g/mol. The summed E-state index contributed by atoms with van der Waals surface area (Å²) in [4.78, 5) is 21.7. The van der Waals surface area contributed by atoms with E-state index in [4.69, 9.17) is 4.52 Å². The van der Waals surface area contributed by atoms with Gasteiger partial charge in [0.25, 0.3) is 11.8 Å². The lowest BCUT2D eigenvalue weighted by atomic mass is 10.1. The minimum absolute atomic E-state index is 0.263. The van der Waals surface area contributed by atoms with Crippen LogP contribution in [0.5, 0.6) is 0 Å². The highest BCUT2D eigenvalue weighted by Crippen LogP contribution is 2.38. The number of benzene rings is 1. The van der Waals surface area contributed by atoms with Gasteiger partial charge in [0.2, 0.25) is 0 Å². The summed E-state index contributed by atoms with van der Waals surface area (Å²) in [7, 11) is 0. The molecule has 3 aromatic heterocycles. The number of aromatic nitrogens is 5. The SMILES string of the molecule is Cc1c(C(=O)NC(C)c2ccc(F)cc2)cnn1-c1ccc(-c2nc(C3CC3)no2)cn1. The summed E-state index contributed by atoms with van der Waals surface area (Å²) in [5, 5.41) is 11.3. The third-order valence-corrected chi connectivity index (χ3v) is 5.57. The van der Waals surface area contributed by atoms with Crippen molar-refractivity contribution in [3.63, 3.8) is 0 Å². The molecule has 0 spiro atoms. The first kappa shape index (κ1) is 20.0. The highest BCUT2D eigenvalue weighted by atomic mass is 19.1. The van der Waals surface area contributed by atoms with Crippen molar-refractivity contribution in [1.29, 1.82) is 0 Å². The Hall–Kier alpha value is -3.88. The molecule has 1 aromatic carbocycles. The molecular weight excluding hydrogens is 411 g/mol. The fourth-order valence-electron chi connectivity index (χ4n) is 3.47. The largest absolute Gasteiger partial charge is 0.345 e. The molecule has 1 saturated carbocycles. The molecule has 5 rings (SSSR count). The number of halogens is 1. The second-order valence-corrected chi connectivity index (χ2v) is 7.94. The molecule has 1 atom stereocenters. The van der Waals surface area contributed by atoms with Crippen molar-refractivity contribution in [3.8, 4) is 17.3 Å². The van der Waals surface area contributed by atoms with Gasteiger partial charge in [-0.05, 0) is 56.5 Å². The van der Waals surface area contributed by atoms with Gasteiger partial charge in [-0.3, -0.25) is 4.79 Å². The maximum Gasteiger partial charge on any atom is 0.259 e. The zero-order chi connectivity index (χ0) is 22.2. The number of nitrogens with zero attached hydrogens (tertiary/aromatic N) is 5. The van der Waals surface area contributed by atoms with E-state index < -0.39 is 0 Å². The molecule has 1 aliphatic carbocycles. The molecule has 1 fully saturated rings. The van der Waals surface area contributed by atoms with Gasteiger partial charge in [0.1, 0.15) is 5.82 Å². The molecule has 1 N–H and O–H groups in total. The molecule has 1 amide bonds. The molecular formula is C23H21FN6O2. The van der Waals surface area contributed by atoms with E-state index in [1.807, 2.05) is 13.0 Å². The van der Waals surface area contributed by atoms with E-state index >= 15 is 0 Å². The molecule has 1 unspecified atom stereocenters. The van der Waals surface area contributed by atoms with Gasteiger partial charge in [-0.15, -0.1) is 0 Å². The van der Waals surface area contributed by atoms with E-state index in [9.17, 15) is 9.18 Å². The number of hydrogen-bond donors (Lipinski definition) is 1. The number of amides is 1. The smallest absolute Gasteiger partial charge is 0.259 e. The third kappa shape index (κ3) is 3.89. The minimum atomic E-state index is -0.314. The summed E-state index contributed by atoms with van der Waals surface area (Å²) >= 11 is 0. The Kier molecular flexibility index (Phi) is 5.01. The second-order valence-electron chi connectivity index (χ2n) is 7.94. The Morgan fingerprint density at radius 2 is 1.97 bits per heavy atom. The predicted octanol–water partition coefficient (Wildman–Crippen LogP) is 4.13. The molecule has 0 aliphatic heterocycles. The first-order valence-electron chi connectivity index (χ1n) is 10.4. The van der Waals surface area contributed by atoms with Gasteiger partial charge in [-0.2, -0.15) is 10.1 Å². The summed E-state index contributed by atoms with van der Waals surface area (Å²) in [5.74, 6) is 1.60. The zero-order valence-corrected chi connectivity index (χ0v) is 17.6. The summed E-state index contributed by atoms with van der Waals surface area (Å²) < 4.78 is 20.1. The number of pyridine rings is 1. The van der Waals surface area contributed by atoms with Crippen molar-refractivity contribution in [1.82, 2.24) is 30.2 Å². The van der Waals surface area contributed by atoms with Crippen LogP contribution < -0.4 is 5.32 Å². The van der Waals surface area contributed by atoms with Gasteiger partial charge in [0, 0.05) is 12.1 Å². The van der Waals surface area contributed by atoms with E-state index in [0.717, 1.165) is 29.8 Å². The van der Waals surface area contributed by atoms with Crippen LogP contribution in [0, 0.1) is 12.7 Å². The van der Waals surface area contributed by atoms with Crippen LogP contribution in [0.1, 0.15) is 59.2 Å². The van der Waals surface area contributed by atoms with E-state index in [2.05, 4.69) is 25.5 Å². The van der Waals surface area contributed by atoms with Gasteiger partial charge in [0.05, 0.1) is 29.1 Å². The molecule has 1 aliphatic rings. The topological polar surface area (TPSA) is 98.7 Å². The lowest BCUT2D eigenvalue weighted by molar-refractivity contribution is 0.0939. The molecule has 32 heavy (non-hydrogen) atoms. The highest BCUT2D eigenvalue weighted by molar-refractivity contribution is 5.95. The first-order chi connectivity index (χ1) is 15.5. The average Bonchev–Trinajstić information content (AvgIpc) is 3.40. The Morgan fingerprint density at radius 1 is 1.19 bits per heavy atom. The van der Waals surface area contributed by atoms with Gasteiger partial charge in [0.15, 0.2) is 11.6 Å². The Bertz CT molecular complexity index is 1260. The molecule has 8 nitrogen and oxygen atoms in total. The predicted molar refractivity (Wildman–Crippen MR) is 114 cm³/mol. The quantitative estimate of drug-likeness (QED) is 0.492. The molecule has 0 saturated heterocycles. The Balaban J connectivity index is 1.31. The number of carbonyl (C=O) groups is 1. The van der Waals surface area contributed by atoms with E-state index in [0.29, 0.717) is 28.9 Å². The van der Waals surface area contributed by atoms with E-state index in [1.54, 1.807) is 36.0 Å². The third-order valence-electron chi connectivity index (χ3n) is 5.57. The fourth-order valence-corrected chi connectivity index (χ4v) is 3.47. The van der Waals surface area contributed by atoms with Gasteiger partial charge < -0.3 is 9.84 Å². The van der Waals surface area contributed by atoms with Crippen molar-refractivity contribution in [2.24, 2.45) is 0 Å². The van der Waals surface area contributed by atoms with Crippen LogP contribution in [-0.2, 0) is 0 Å². The first-order valence-corrected chi connectivity index (χ1v) is 10.4. The second kappa shape index (κ2) is 7.99. The normalized spacial score (nSPS) is 14.3. The Labute approximate surface area is 183 Å². The molecule has 0 bridgehead atoms. The monoisotopic (exact) mass is 432 g/mol. The summed E-state index contributed by atoms with van der Waals surface area (Å²) in [6, 6.07) is 9.40. The van der Waals surface area contributed by atoms with Crippen molar-refractivity contribution in [2.45, 2.75) is 38.6 Å². The van der Waals surface area contributed by atoms with Crippen molar-refractivity contribution in [3.05, 3.63) is 77.3 Å². The summed E-state index contributed by atoms with van der Waals surface area (Å²) in [6.07, 6.45) is 5.37. The zero-order valence-electron chi connectivity index (χ0n) is 17.6. The van der Waals surface area contributed by atoms with Crippen molar-refractivity contribution >= 4 is 5.91 Å². The van der Waals surface area contributed by atoms with Crippen LogP contribution >= 0.6 is 0 Å². The summed E-state index contributed by atoms with van der Waals surface area (Å²) in [6.45, 7) is 3.65. The highest BCUT2D eigenvalue weighted by Gasteiger charge is 2.29. The molecule has 0 radical (unpaired) electrons. The van der Waals surface area contributed by atoms with E-state index in [1.165, 1.54) is 18.3 Å². The lowest BCUT2D eigenvalue weighted by Gasteiger charge is -2.14. The van der Waals surface area contributed by atoms with Crippen LogP contribution in [0.2, 0.25) is 0 Å². The number of nitrogens with one attached hydrogen (secondary N) is 1. The maximum atomic E-state index is 13.1. The van der Waals surface area contributed by atoms with Crippen molar-refractivity contribution in [2.75, 3.05) is 0 Å². The lowest BCUT2D eigenvalue weighted by Crippen LogP contribution is -2.27. The van der Waals surface area contributed by atoms with Crippen LogP contribution in [-0.4, -0.2) is 30.8 Å². The number of carbonyl (C=O) groups excluding carboxylic acids is 1. The van der Waals surface area contributed by atoms with Crippen LogP contribution in [0.15, 0.2) is 53.3 Å². The molecule has 4 aromatic rings. The molecule has 3 heterocycles. The van der Waals surface area contributed by atoms with Crippen LogP contribution in [0.3, 0.4) is 0 Å². The van der Waals surface area contributed by atoms with Gasteiger partial charge >= 0.3 is 0 Å².